The number of hydrogen-bond acceptors (Lipinski definition) is 4. The predicted octanol–water partition coefficient (Wildman–Crippen LogP) is 3.51. The highest BCUT2D eigenvalue weighted by Gasteiger charge is 2.11. The number of hydrogen-bond donors (Lipinski definition) is 1. The number of anilines is 2. The Bertz CT molecular complexity index is 601. The maximum absolute atomic E-state index is 4.50. The summed E-state index contributed by atoms with van der Waals surface area (Å²) in [6, 6.07) is 2.01. The molecule has 0 aliphatic rings. The molecule has 0 fully saturated rings. The van der Waals surface area contributed by atoms with E-state index in [2.05, 4.69) is 52.8 Å². The molecule has 1 N–H and O–H groups in total. The zero-order valence-electron chi connectivity index (χ0n) is 13.6. The topological polar surface area (TPSA) is 55.6 Å². The van der Waals surface area contributed by atoms with E-state index in [0.29, 0.717) is 5.92 Å². The van der Waals surface area contributed by atoms with E-state index in [4.69, 9.17) is 0 Å². The zero-order chi connectivity index (χ0) is 15.4. The van der Waals surface area contributed by atoms with Gasteiger partial charge in [-0.3, -0.25) is 4.68 Å². The minimum atomic E-state index is 0.580. The van der Waals surface area contributed by atoms with Gasteiger partial charge in [0.15, 0.2) is 0 Å². The van der Waals surface area contributed by atoms with Gasteiger partial charge >= 0.3 is 0 Å². The van der Waals surface area contributed by atoms with Crippen LogP contribution in [-0.2, 0) is 19.4 Å². The molecule has 2 rings (SSSR count). The first-order valence-electron chi connectivity index (χ1n) is 7.69. The van der Waals surface area contributed by atoms with Gasteiger partial charge in [-0.15, -0.1) is 0 Å². The minimum Gasteiger partial charge on any atom is -0.337 e. The SMILES string of the molecule is CCc1cc(Nc2cnn(CC(C)C)c2CC)nc(C)n1. The molecule has 0 atom stereocenters. The third-order valence-electron chi connectivity index (χ3n) is 3.34. The largest absolute Gasteiger partial charge is 0.337 e. The molecule has 5 heteroatoms. The molecule has 0 aromatic carbocycles. The van der Waals surface area contributed by atoms with Crippen LogP contribution in [0.5, 0.6) is 0 Å². The molecule has 0 saturated carbocycles. The third-order valence-corrected chi connectivity index (χ3v) is 3.34. The van der Waals surface area contributed by atoms with E-state index >= 15 is 0 Å². The first kappa shape index (κ1) is 15.5. The molecular formula is C16H25N5. The van der Waals surface area contributed by atoms with Crippen LogP contribution >= 0.6 is 0 Å². The van der Waals surface area contributed by atoms with E-state index in [0.717, 1.165) is 42.4 Å². The standard InChI is InChI=1S/C16H25N5/c1-6-13-8-16(19-12(5)18-13)20-14-9-17-21(10-11(3)4)15(14)7-2/h8-9,11H,6-7,10H2,1-5H3,(H,18,19,20). The van der Waals surface area contributed by atoms with Crippen molar-refractivity contribution in [1.82, 2.24) is 19.7 Å². The van der Waals surface area contributed by atoms with Crippen molar-refractivity contribution in [2.75, 3.05) is 5.32 Å². The van der Waals surface area contributed by atoms with Crippen LogP contribution in [0.15, 0.2) is 12.3 Å². The summed E-state index contributed by atoms with van der Waals surface area (Å²) >= 11 is 0. The quantitative estimate of drug-likeness (QED) is 0.883. The van der Waals surface area contributed by atoms with Crippen LogP contribution in [0.1, 0.15) is 44.9 Å². The van der Waals surface area contributed by atoms with Crippen molar-refractivity contribution in [3.05, 3.63) is 29.5 Å². The molecule has 2 aromatic rings. The van der Waals surface area contributed by atoms with E-state index in [9.17, 15) is 0 Å². The molecule has 0 bridgehead atoms. The van der Waals surface area contributed by atoms with Crippen molar-refractivity contribution in [1.29, 1.82) is 0 Å². The molecule has 0 unspecified atom stereocenters. The van der Waals surface area contributed by atoms with Crippen LogP contribution in [-0.4, -0.2) is 19.7 Å². The van der Waals surface area contributed by atoms with Crippen LogP contribution in [0.25, 0.3) is 0 Å². The van der Waals surface area contributed by atoms with Gasteiger partial charge in [-0.05, 0) is 25.7 Å². The highest BCUT2D eigenvalue weighted by molar-refractivity contribution is 5.58. The Morgan fingerprint density at radius 3 is 2.57 bits per heavy atom. The molecule has 0 aliphatic heterocycles. The summed E-state index contributed by atoms with van der Waals surface area (Å²) in [6.45, 7) is 11.5. The van der Waals surface area contributed by atoms with Crippen molar-refractivity contribution in [2.24, 2.45) is 5.92 Å². The van der Waals surface area contributed by atoms with Crippen molar-refractivity contribution in [2.45, 2.75) is 54.0 Å². The molecule has 0 saturated heterocycles. The molecule has 2 aromatic heterocycles. The van der Waals surface area contributed by atoms with Gasteiger partial charge in [0.05, 0.1) is 17.6 Å². The highest BCUT2D eigenvalue weighted by atomic mass is 15.3. The Labute approximate surface area is 126 Å². The maximum atomic E-state index is 4.50. The lowest BCUT2D eigenvalue weighted by molar-refractivity contribution is 0.470. The van der Waals surface area contributed by atoms with Crippen LogP contribution < -0.4 is 5.32 Å². The van der Waals surface area contributed by atoms with Crippen LogP contribution in [0.3, 0.4) is 0 Å². The first-order chi connectivity index (χ1) is 10.0. The normalized spacial score (nSPS) is 11.1. The second kappa shape index (κ2) is 6.70. The zero-order valence-corrected chi connectivity index (χ0v) is 13.6. The molecule has 114 valence electrons. The van der Waals surface area contributed by atoms with Crippen LogP contribution in [0, 0.1) is 12.8 Å². The Morgan fingerprint density at radius 1 is 1.19 bits per heavy atom. The molecule has 0 amide bonds. The number of nitrogens with zero attached hydrogens (tertiary/aromatic N) is 4. The second-order valence-corrected chi connectivity index (χ2v) is 5.70. The van der Waals surface area contributed by atoms with Crippen LogP contribution in [0.2, 0.25) is 0 Å². The van der Waals surface area contributed by atoms with E-state index in [1.54, 1.807) is 0 Å². The molecule has 21 heavy (non-hydrogen) atoms. The molecule has 5 nitrogen and oxygen atoms in total. The van der Waals surface area contributed by atoms with Gasteiger partial charge in [0.2, 0.25) is 0 Å². The maximum Gasteiger partial charge on any atom is 0.134 e. The highest BCUT2D eigenvalue weighted by Crippen LogP contribution is 2.21. The van der Waals surface area contributed by atoms with Gasteiger partial charge in [-0.1, -0.05) is 27.7 Å². The van der Waals surface area contributed by atoms with Crippen LogP contribution in [0.4, 0.5) is 11.5 Å². The average Bonchev–Trinajstić information content (AvgIpc) is 2.79. The van der Waals surface area contributed by atoms with Gasteiger partial charge in [-0.2, -0.15) is 5.10 Å². The average molecular weight is 287 g/mol. The Balaban J connectivity index is 2.27. The smallest absolute Gasteiger partial charge is 0.134 e. The molecule has 0 radical (unpaired) electrons. The third kappa shape index (κ3) is 3.80. The van der Waals surface area contributed by atoms with Crippen molar-refractivity contribution in [3.8, 4) is 0 Å². The number of aryl methyl sites for hydroxylation is 2. The fourth-order valence-corrected chi connectivity index (χ4v) is 2.40. The predicted molar refractivity (Wildman–Crippen MR) is 85.9 cm³/mol. The summed E-state index contributed by atoms with van der Waals surface area (Å²) in [5, 5.41) is 7.90. The second-order valence-electron chi connectivity index (χ2n) is 5.70. The fourth-order valence-electron chi connectivity index (χ4n) is 2.40. The monoisotopic (exact) mass is 287 g/mol. The summed E-state index contributed by atoms with van der Waals surface area (Å²) in [5.41, 5.74) is 3.31. The van der Waals surface area contributed by atoms with E-state index in [1.165, 1.54) is 5.69 Å². The molecule has 0 aliphatic carbocycles. The molecule has 2 heterocycles. The van der Waals surface area contributed by atoms with Gasteiger partial charge in [-0.25, -0.2) is 9.97 Å². The summed E-state index contributed by atoms with van der Waals surface area (Å²) in [4.78, 5) is 8.87. The Kier molecular flexibility index (Phi) is 4.94. The van der Waals surface area contributed by atoms with Gasteiger partial charge in [0.25, 0.3) is 0 Å². The van der Waals surface area contributed by atoms with E-state index < -0.39 is 0 Å². The van der Waals surface area contributed by atoms with Crippen molar-refractivity contribution >= 4 is 11.5 Å². The van der Waals surface area contributed by atoms with E-state index in [1.807, 2.05) is 19.2 Å². The molecular weight excluding hydrogens is 262 g/mol. The lowest BCUT2D eigenvalue weighted by Gasteiger charge is -2.11. The lowest BCUT2D eigenvalue weighted by atomic mass is 10.2. The van der Waals surface area contributed by atoms with Gasteiger partial charge < -0.3 is 5.32 Å². The van der Waals surface area contributed by atoms with Gasteiger partial charge in [0, 0.05) is 18.3 Å². The summed E-state index contributed by atoms with van der Waals surface area (Å²) in [6.07, 6.45) is 3.75. The molecule has 0 spiro atoms. The van der Waals surface area contributed by atoms with Crippen molar-refractivity contribution < 1.29 is 0 Å². The number of aromatic nitrogens is 4. The summed E-state index contributed by atoms with van der Waals surface area (Å²) < 4.78 is 2.09. The number of nitrogens with one attached hydrogen (secondary N) is 1. The van der Waals surface area contributed by atoms with Crippen molar-refractivity contribution in [3.63, 3.8) is 0 Å². The summed E-state index contributed by atoms with van der Waals surface area (Å²) in [5.74, 6) is 2.22. The Morgan fingerprint density at radius 2 is 1.95 bits per heavy atom. The minimum absolute atomic E-state index is 0.580. The number of rotatable bonds is 6. The fraction of sp³-hybridized carbons (Fsp3) is 0.562. The van der Waals surface area contributed by atoms with E-state index in [-0.39, 0.29) is 0 Å². The van der Waals surface area contributed by atoms with Gasteiger partial charge in [0.1, 0.15) is 11.6 Å². The summed E-state index contributed by atoms with van der Waals surface area (Å²) in [7, 11) is 0. The first-order valence-corrected chi connectivity index (χ1v) is 7.69. The lowest BCUT2D eigenvalue weighted by Crippen LogP contribution is -2.10. The Hall–Kier alpha value is -1.91.